The molecule has 3 rings (SSSR count). The van der Waals surface area contributed by atoms with Gasteiger partial charge in [-0.2, -0.15) is 0 Å². The van der Waals surface area contributed by atoms with E-state index in [0.717, 1.165) is 29.4 Å². The number of carboxylic acids is 1. The van der Waals surface area contributed by atoms with Gasteiger partial charge in [0.25, 0.3) is 5.91 Å². The summed E-state index contributed by atoms with van der Waals surface area (Å²) < 4.78 is 11.3. The molecule has 2 N–H and O–H groups in total. The molecule has 0 unspecified atom stereocenters. The Morgan fingerprint density at radius 2 is 2.04 bits per heavy atom. The van der Waals surface area contributed by atoms with Crippen molar-refractivity contribution in [3.05, 3.63) is 39.2 Å². The second-order valence-electron chi connectivity index (χ2n) is 6.53. The van der Waals surface area contributed by atoms with Gasteiger partial charge in [-0.25, -0.2) is 4.79 Å². The van der Waals surface area contributed by atoms with Gasteiger partial charge < -0.3 is 19.6 Å². The van der Waals surface area contributed by atoms with Crippen LogP contribution in [-0.4, -0.2) is 29.6 Å². The number of benzene rings is 1. The number of fused-ring (bicyclic) bond motifs is 3. The molecule has 2 aromatic rings. The van der Waals surface area contributed by atoms with E-state index in [1.807, 2.05) is 13.0 Å². The van der Waals surface area contributed by atoms with Crippen LogP contribution in [0.3, 0.4) is 0 Å². The van der Waals surface area contributed by atoms with Crippen LogP contribution in [0.5, 0.6) is 5.75 Å². The molecule has 138 valence electrons. The molecule has 7 heteroatoms. The van der Waals surface area contributed by atoms with E-state index >= 15 is 0 Å². The predicted octanol–water partition coefficient (Wildman–Crippen LogP) is 1.95. The van der Waals surface area contributed by atoms with Crippen molar-refractivity contribution in [2.24, 2.45) is 0 Å². The highest BCUT2D eigenvalue weighted by Gasteiger charge is 2.24. The average molecular weight is 359 g/mol. The van der Waals surface area contributed by atoms with Crippen LogP contribution < -0.4 is 15.7 Å². The second kappa shape index (κ2) is 7.19. The number of ether oxygens (including phenoxy) is 1. The van der Waals surface area contributed by atoms with Crippen molar-refractivity contribution in [2.45, 2.75) is 45.6 Å². The zero-order chi connectivity index (χ0) is 18.8. The fourth-order valence-corrected chi connectivity index (χ4v) is 3.28. The Balaban J connectivity index is 1.90. The zero-order valence-electron chi connectivity index (χ0n) is 14.8. The van der Waals surface area contributed by atoms with E-state index in [9.17, 15) is 14.4 Å². The van der Waals surface area contributed by atoms with Crippen LogP contribution >= 0.6 is 0 Å². The zero-order valence-corrected chi connectivity index (χ0v) is 14.8. The minimum absolute atomic E-state index is 0.0424. The maximum atomic E-state index is 12.1. The van der Waals surface area contributed by atoms with Crippen molar-refractivity contribution < 1.29 is 23.8 Å². The summed E-state index contributed by atoms with van der Waals surface area (Å²) in [6.45, 7) is 3.50. The molecule has 0 fully saturated rings. The molecule has 7 nitrogen and oxygen atoms in total. The van der Waals surface area contributed by atoms with Crippen LogP contribution in [0.15, 0.2) is 21.3 Å². The molecule has 0 saturated heterocycles. The van der Waals surface area contributed by atoms with Gasteiger partial charge in [0.15, 0.2) is 6.10 Å². The molecule has 1 atom stereocenters. The Morgan fingerprint density at radius 1 is 1.31 bits per heavy atom. The summed E-state index contributed by atoms with van der Waals surface area (Å²) in [4.78, 5) is 34.8. The number of amides is 1. The summed E-state index contributed by atoms with van der Waals surface area (Å²) in [5, 5.41) is 11.9. The van der Waals surface area contributed by atoms with Crippen LogP contribution in [0, 0.1) is 6.92 Å². The van der Waals surface area contributed by atoms with Gasteiger partial charge in [0.2, 0.25) is 0 Å². The molecular formula is C19H21NO6. The van der Waals surface area contributed by atoms with Crippen LogP contribution in [0.2, 0.25) is 0 Å². The SMILES string of the molecule is Cc1cc(O[C@@H](C)C(=O)NCCC(=O)O)c2c3c(c(=O)oc2c1)CCC3. The van der Waals surface area contributed by atoms with Crippen molar-refractivity contribution in [2.75, 3.05) is 6.54 Å². The summed E-state index contributed by atoms with van der Waals surface area (Å²) in [6.07, 6.45) is 1.39. The van der Waals surface area contributed by atoms with Crippen LogP contribution in [0.1, 0.15) is 36.5 Å². The number of nitrogens with one attached hydrogen (secondary N) is 1. The number of carbonyl (C=O) groups is 2. The number of rotatable bonds is 6. The molecule has 0 aliphatic heterocycles. The van der Waals surface area contributed by atoms with E-state index in [1.54, 1.807) is 13.0 Å². The fraction of sp³-hybridized carbons (Fsp3) is 0.421. The molecule has 1 aliphatic rings. The third-order valence-electron chi connectivity index (χ3n) is 4.49. The first-order chi connectivity index (χ1) is 12.4. The first kappa shape index (κ1) is 18.0. The maximum Gasteiger partial charge on any atom is 0.339 e. The van der Waals surface area contributed by atoms with Gasteiger partial charge in [-0.15, -0.1) is 0 Å². The Hall–Kier alpha value is -2.83. The lowest BCUT2D eigenvalue weighted by atomic mass is 10.0. The molecule has 0 spiro atoms. The molecule has 1 aromatic carbocycles. The van der Waals surface area contributed by atoms with Gasteiger partial charge in [-0.3, -0.25) is 9.59 Å². The van der Waals surface area contributed by atoms with Gasteiger partial charge in [-0.05, 0) is 56.4 Å². The number of carbonyl (C=O) groups excluding carboxylic acids is 1. The van der Waals surface area contributed by atoms with E-state index in [0.29, 0.717) is 23.3 Å². The lowest BCUT2D eigenvalue weighted by molar-refractivity contribution is -0.137. The van der Waals surface area contributed by atoms with E-state index in [1.165, 1.54) is 0 Å². The molecule has 1 aliphatic carbocycles. The molecule has 0 saturated carbocycles. The summed E-state index contributed by atoms with van der Waals surface area (Å²) in [5.74, 6) is -0.869. The minimum Gasteiger partial charge on any atom is -0.481 e. The summed E-state index contributed by atoms with van der Waals surface area (Å²) in [7, 11) is 0. The van der Waals surface area contributed by atoms with E-state index in [2.05, 4.69) is 5.32 Å². The Labute approximate surface area is 150 Å². The lowest BCUT2D eigenvalue weighted by Gasteiger charge is -2.17. The monoisotopic (exact) mass is 359 g/mol. The highest BCUT2D eigenvalue weighted by atomic mass is 16.5. The van der Waals surface area contributed by atoms with Crippen molar-refractivity contribution in [3.8, 4) is 5.75 Å². The van der Waals surface area contributed by atoms with E-state index < -0.39 is 18.0 Å². The van der Waals surface area contributed by atoms with Crippen molar-refractivity contribution in [3.63, 3.8) is 0 Å². The summed E-state index contributed by atoms with van der Waals surface area (Å²) in [5.41, 5.74) is 2.63. The smallest absolute Gasteiger partial charge is 0.339 e. The standard InChI is InChI=1S/C19H21NO6/c1-10-8-14(25-11(2)18(23)20-7-6-16(21)22)17-12-4-3-5-13(12)19(24)26-15(17)9-10/h8-9,11H,3-7H2,1-2H3,(H,20,23)(H,21,22)/t11-/m0/s1. The predicted molar refractivity (Wildman–Crippen MR) is 94.6 cm³/mol. The third-order valence-corrected chi connectivity index (χ3v) is 4.49. The molecule has 26 heavy (non-hydrogen) atoms. The van der Waals surface area contributed by atoms with Crippen molar-refractivity contribution >= 4 is 22.8 Å². The first-order valence-corrected chi connectivity index (χ1v) is 8.62. The fourth-order valence-electron chi connectivity index (χ4n) is 3.28. The number of hydrogen-bond donors (Lipinski definition) is 2. The van der Waals surface area contributed by atoms with Gasteiger partial charge >= 0.3 is 11.6 Å². The number of carboxylic acid groups (broad SMARTS) is 1. The van der Waals surface area contributed by atoms with Gasteiger partial charge in [0.05, 0.1) is 11.8 Å². The average Bonchev–Trinajstić information content (AvgIpc) is 3.03. The molecule has 0 radical (unpaired) electrons. The summed E-state index contributed by atoms with van der Waals surface area (Å²) in [6, 6.07) is 3.61. The maximum absolute atomic E-state index is 12.1. The normalized spacial score (nSPS) is 14.1. The third kappa shape index (κ3) is 3.56. The van der Waals surface area contributed by atoms with Crippen molar-refractivity contribution in [1.29, 1.82) is 0 Å². The number of hydrogen-bond acceptors (Lipinski definition) is 5. The highest BCUT2D eigenvalue weighted by molar-refractivity contribution is 5.89. The minimum atomic E-state index is -0.978. The van der Waals surface area contributed by atoms with Crippen LogP contribution in [-0.2, 0) is 22.4 Å². The Kier molecular flexibility index (Phi) is 4.97. The molecule has 0 bridgehead atoms. The largest absolute Gasteiger partial charge is 0.481 e. The van der Waals surface area contributed by atoms with Gasteiger partial charge in [0, 0.05) is 12.1 Å². The second-order valence-corrected chi connectivity index (χ2v) is 6.53. The molecular weight excluding hydrogens is 338 g/mol. The summed E-state index contributed by atoms with van der Waals surface area (Å²) >= 11 is 0. The first-order valence-electron chi connectivity index (χ1n) is 8.62. The topological polar surface area (TPSA) is 106 Å². The van der Waals surface area contributed by atoms with Crippen LogP contribution in [0.4, 0.5) is 0 Å². The Bertz CT molecular complexity index is 930. The highest BCUT2D eigenvalue weighted by Crippen LogP contribution is 2.35. The van der Waals surface area contributed by atoms with Gasteiger partial charge in [0.1, 0.15) is 11.3 Å². The van der Waals surface area contributed by atoms with E-state index in [4.69, 9.17) is 14.3 Å². The quantitative estimate of drug-likeness (QED) is 0.764. The number of aliphatic carboxylic acids is 1. The van der Waals surface area contributed by atoms with Crippen LogP contribution in [0.25, 0.3) is 11.0 Å². The van der Waals surface area contributed by atoms with Crippen molar-refractivity contribution in [1.82, 2.24) is 5.32 Å². The van der Waals surface area contributed by atoms with E-state index in [-0.39, 0.29) is 18.6 Å². The Morgan fingerprint density at radius 3 is 2.77 bits per heavy atom. The lowest BCUT2D eigenvalue weighted by Crippen LogP contribution is -2.37. The molecule has 1 amide bonds. The van der Waals surface area contributed by atoms with Gasteiger partial charge in [-0.1, -0.05) is 0 Å². The number of aryl methyl sites for hydroxylation is 2. The molecule has 1 heterocycles. The molecule has 1 aromatic heterocycles.